The summed E-state index contributed by atoms with van der Waals surface area (Å²) in [6, 6.07) is 12.3. The maximum Gasteiger partial charge on any atom is 0.257 e. The van der Waals surface area contributed by atoms with E-state index in [0.29, 0.717) is 24.5 Å². The molecule has 3 aromatic rings. The zero-order chi connectivity index (χ0) is 24.1. The SMILES string of the molecule is CC(C(=O)Nc1ccc(NC(=O)c2ccccc2S(=O)(=O)N2CCCCC2)cc1)n1cncn1. The molecule has 1 unspecified atom stereocenters. The number of amides is 2. The number of hydrogen-bond acceptors (Lipinski definition) is 6. The number of aromatic nitrogens is 3. The van der Waals surface area contributed by atoms with Gasteiger partial charge in [-0.25, -0.2) is 18.1 Å². The third-order valence-corrected chi connectivity index (χ3v) is 7.64. The average molecular weight is 483 g/mol. The van der Waals surface area contributed by atoms with Crippen LogP contribution in [0.15, 0.2) is 66.1 Å². The van der Waals surface area contributed by atoms with Crippen LogP contribution in [0.5, 0.6) is 0 Å². The van der Waals surface area contributed by atoms with Gasteiger partial charge in [-0.1, -0.05) is 18.6 Å². The van der Waals surface area contributed by atoms with Gasteiger partial charge in [0.25, 0.3) is 5.91 Å². The molecule has 2 heterocycles. The summed E-state index contributed by atoms with van der Waals surface area (Å²) in [7, 11) is -3.76. The molecule has 34 heavy (non-hydrogen) atoms. The molecule has 11 heteroatoms. The second-order valence-electron chi connectivity index (χ2n) is 8.03. The summed E-state index contributed by atoms with van der Waals surface area (Å²) in [6.45, 7) is 2.62. The Kier molecular flexibility index (Phi) is 7.03. The van der Waals surface area contributed by atoms with Crippen molar-refractivity contribution < 1.29 is 18.0 Å². The molecule has 0 radical (unpaired) electrons. The van der Waals surface area contributed by atoms with Crippen LogP contribution in [-0.4, -0.2) is 52.4 Å². The molecule has 0 saturated carbocycles. The molecule has 10 nitrogen and oxygen atoms in total. The lowest BCUT2D eigenvalue weighted by Gasteiger charge is -2.26. The highest BCUT2D eigenvalue weighted by atomic mass is 32.2. The van der Waals surface area contributed by atoms with Crippen LogP contribution in [0.1, 0.15) is 42.6 Å². The first-order valence-electron chi connectivity index (χ1n) is 11.0. The van der Waals surface area contributed by atoms with Gasteiger partial charge in [-0.2, -0.15) is 9.40 Å². The largest absolute Gasteiger partial charge is 0.324 e. The Labute approximate surface area is 198 Å². The Morgan fingerprint density at radius 3 is 2.24 bits per heavy atom. The summed E-state index contributed by atoms with van der Waals surface area (Å²) in [4.78, 5) is 29.2. The smallest absolute Gasteiger partial charge is 0.257 e. The highest BCUT2D eigenvalue weighted by Crippen LogP contribution is 2.25. The number of sulfonamides is 1. The fraction of sp³-hybridized carbons (Fsp3) is 0.304. The lowest BCUT2D eigenvalue weighted by atomic mass is 10.2. The van der Waals surface area contributed by atoms with Gasteiger partial charge in [0, 0.05) is 24.5 Å². The number of rotatable bonds is 7. The molecular formula is C23H26N6O4S. The molecule has 0 aliphatic carbocycles. The number of piperidine rings is 1. The molecular weight excluding hydrogens is 456 g/mol. The van der Waals surface area contributed by atoms with E-state index in [4.69, 9.17) is 0 Å². The van der Waals surface area contributed by atoms with Gasteiger partial charge in [0.05, 0.1) is 10.5 Å². The number of anilines is 2. The van der Waals surface area contributed by atoms with Gasteiger partial charge in [-0.15, -0.1) is 0 Å². The minimum atomic E-state index is -3.76. The topological polar surface area (TPSA) is 126 Å². The Morgan fingerprint density at radius 1 is 0.941 bits per heavy atom. The van der Waals surface area contributed by atoms with Crippen molar-refractivity contribution in [3.8, 4) is 0 Å². The molecule has 1 aliphatic rings. The van der Waals surface area contributed by atoms with Gasteiger partial charge in [0.2, 0.25) is 15.9 Å². The second-order valence-corrected chi connectivity index (χ2v) is 9.94. The molecule has 1 saturated heterocycles. The van der Waals surface area contributed by atoms with Crippen molar-refractivity contribution >= 4 is 33.2 Å². The highest BCUT2D eigenvalue weighted by Gasteiger charge is 2.29. The summed E-state index contributed by atoms with van der Waals surface area (Å²) in [5, 5.41) is 9.48. The van der Waals surface area contributed by atoms with Gasteiger partial charge in [-0.3, -0.25) is 9.59 Å². The van der Waals surface area contributed by atoms with E-state index >= 15 is 0 Å². The molecule has 1 aliphatic heterocycles. The Balaban J connectivity index is 1.45. The van der Waals surface area contributed by atoms with E-state index in [1.165, 1.54) is 33.8 Å². The summed E-state index contributed by atoms with van der Waals surface area (Å²) < 4.78 is 29.2. The quantitative estimate of drug-likeness (QED) is 0.533. The molecule has 1 fully saturated rings. The number of hydrogen-bond donors (Lipinski definition) is 2. The number of carbonyl (C=O) groups is 2. The maximum absolute atomic E-state index is 13.1. The predicted molar refractivity (Wildman–Crippen MR) is 127 cm³/mol. The predicted octanol–water partition coefficient (Wildman–Crippen LogP) is 2.90. The first-order valence-corrected chi connectivity index (χ1v) is 12.5. The molecule has 1 atom stereocenters. The fourth-order valence-corrected chi connectivity index (χ4v) is 5.45. The Bertz CT molecular complexity index is 1250. The summed E-state index contributed by atoms with van der Waals surface area (Å²) in [5.41, 5.74) is 1.10. The van der Waals surface area contributed by atoms with Crippen molar-refractivity contribution in [1.82, 2.24) is 19.1 Å². The summed E-state index contributed by atoms with van der Waals surface area (Å²) in [5.74, 6) is -0.785. The third kappa shape index (κ3) is 5.15. The van der Waals surface area contributed by atoms with Crippen LogP contribution in [0.3, 0.4) is 0 Å². The molecule has 2 amide bonds. The number of benzene rings is 2. The van der Waals surface area contributed by atoms with Crippen molar-refractivity contribution in [3.63, 3.8) is 0 Å². The molecule has 2 aromatic carbocycles. The number of nitrogens with one attached hydrogen (secondary N) is 2. The average Bonchev–Trinajstić information content (AvgIpc) is 3.40. The van der Waals surface area contributed by atoms with E-state index in [2.05, 4.69) is 20.7 Å². The standard InChI is InChI=1S/C23H26N6O4S/c1-17(29-16-24-15-25-29)22(30)26-18-9-11-19(12-10-18)27-23(31)20-7-3-4-8-21(20)34(32,33)28-13-5-2-6-14-28/h3-4,7-12,15-17H,2,5-6,13-14H2,1H3,(H,26,30)(H,27,31). The molecule has 178 valence electrons. The fourth-order valence-electron chi connectivity index (χ4n) is 3.74. The Morgan fingerprint density at radius 2 is 1.59 bits per heavy atom. The van der Waals surface area contributed by atoms with Crippen LogP contribution >= 0.6 is 0 Å². The van der Waals surface area contributed by atoms with Crippen LogP contribution in [0.4, 0.5) is 11.4 Å². The minimum absolute atomic E-state index is 0.000354. The van der Waals surface area contributed by atoms with E-state index in [1.807, 2.05) is 0 Å². The summed E-state index contributed by atoms with van der Waals surface area (Å²) >= 11 is 0. The highest BCUT2D eigenvalue weighted by molar-refractivity contribution is 7.89. The van der Waals surface area contributed by atoms with E-state index in [0.717, 1.165) is 19.3 Å². The van der Waals surface area contributed by atoms with E-state index in [9.17, 15) is 18.0 Å². The van der Waals surface area contributed by atoms with Crippen LogP contribution in [0.25, 0.3) is 0 Å². The van der Waals surface area contributed by atoms with Crippen LogP contribution < -0.4 is 10.6 Å². The van der Waals surface area contributed by atoms with Gasteiger partial charge < -0.3 is 10.6 Å². The first kappa shape index (κ1) is 23.6. The van der Waals surface area contributed by atoms with Gasteiger partial charge >= 0.3 is 0 Å². The van der Waals surface area contributed by atoms with Crippen molar-refractivity contribution in [2.45, 2.75) is 37.1 Å². The Hall–Kier alpha value is -3.57. The van der Waals surface area contributed by atoms with Crippen LogP contribution in [0.2, 0.25) is 0 Å². The van der Waals surface area contributed by atoms with Gasteiger partial charge in [0.1, 0.15) is 18.7 Å². The van der Waals surface area contributed by atoms with E-state index in [-0.39, 0.29) is 16.4 Å². The van der Waals surface area contributed by atoms with Crippen molar-refractivity contribution in [3.05, 3.63) is 66.7 Å². The maximum atomic E-state index is 13.1. The van der Waals surface area contributed by atoms with Crippen LogP contribution in [0, 0.1) is 0 Å². The van der Waals surface area contributed by atoms with Gasteiger partial charge in [0.15, 0.2) is 0 Å². The minimum Gasteiger partial charge on any atom is -0.324 e. The monoisotopic (exact) mass is 482 g/mol. The van der Waals surface area contributed by atoms with E-state index in [1.54, 1.807) is 43.3 Å². The van der Waals surface area contributed by atoms with E-state index < -0.39 is 22.0 Å². The van der Waals surface area contributed by atoms with Crippen molar-refractivity contribution in [2.24, 2.45) is 0 Å². The third-order valence-electron chi connectivity index (χ3n) is 5.69. The van der Waals surface area contributed by atoms with Gasteiger partial charge in [-0.05, 0) is 56.2 Å². The molecule has 4 rings (SSSR count). The zero-order valence-corrected chi connectivity index (χ0v) is 19.5. The molecule has 0 spiro atoms. The zero-order valence-electron chi connectivity index (χ0n) is 18.7. The van der Waals surface area contributed by atoms with Crippen molar-refractivity contribution in [2.75, 3.05) is 23.7 Å². The first-order chi connectivity index (χ1) is 16.4. The lowest BCUT2D eigenvalue weighted by molar-refractivity contribution is -0.119. The summed E-state index contributed by atoms with van der Waals surface area (Å²) in [6.07, 6.45) is 5.45. The number of nitrogens with zero attached hydrogens (tertiary/aromatic N) is 4. The van der Waals surface area contributed by atoms with Crippen LogP contribution in [-0.2, 0) is 14.8 Å². The lowest BCUT2D eigenvalue weighted by Crippen LogP contribution is -2.36. The second kappa shape index (κ2) is 10.1. The molecule has 0 bridgehead atoms. The van der Waals surface area contributed by atoms with Crippen molar-refractivity contribution in [1.29, 1.82) is 0 Å². The number of carbonyl (C=O) groups excluding carboxylic acids is 2. The normalized spacial score (nSPS) is 15.4. The molecule has 2 N–H and O–H groups in total. The molecule has 1 aromatic heterocycles.